The number of hydrogen-bond donors (Lipinski definition) is 2. The number of aromatic nitrogens is 2. The number of carboxylic acids is 1. The minimum atomic E-state index is -4.68. The molecule has 6 nitrogen and oxygen atoms in total. The quantitative estimate of drug-likeness (QED) is 0.838. The number of alkyl halides is 3. The van der Waals surface area contributed by atoms with Crippen molar-refractivity contribution in [1.82, 2.24) is 15.3 Å². The normalized spacial score (nSPS) is 12.0. The zero-order valence-electron chi connectivity index (χ0n) is 12.1. The second-order valence-electron chi connectivity index (χ2n) is 4.77. The van der Waals surface area contributed by atoms with Crippen LogP contribution < -0.4 is 5.32 Å². The highest BCUT2D eigenvalue weighted by molar-refractivity contribution is 5.93. The summed E-state index contributed by atoms with van der Waals surface area (Å²) in [7, 11) is 0. The van der Waals surface area contributed by atoms with Gasteiger partial charge in [-0.15, -0.1) is 0 Å². The third-order valence-electron chi connectivity index (χ3n) is 3.56. The molecular formula is C13H16F3N3O3. The van der Waals surface area contributed by atoms with E-state index in [-0.39, 0.29) is 12.1 Å². The monoisotopic (exact) mass is 319 g/mol. The number of carbonyl (C=O) groups excluding carboxylic acids is 1. The van der Waals surface area contributed by atoms with E-state index in [0.29, 0.717) is 12.8 Å². The molecule has 0 aliphatic carbocycles. The van der Waals surface area contributed by atoms with E-state index in [0.717, 1.165) is 12.4 Å². The van der Waals surface area contributed by atoms with Crippen LogP contribution in [0.4, 0.5) is 13.2 Å². The molecule has 0 radical (unpaired) electrons. The van der Waals surface area contributed by atoms with Gasteiger partial charge < -0.3 is 10.4 Å². The Bertz CT molecular complexity index is 540. The van der Waals surface area contributed by atoms with Gasteiger partial charge in [0.1, 0.15) is 0 Å². The van der Waals surface area contributed by atoms with E-state index in [1.54, 1.807) is 13.8 Å². The van der Waals surface area contributed by atoms with Crippen molar-refractivity contribution >= 4 is 11.9 Å². The summed E-state index contributed by atoms with van der Waals surface area (Å²) in [6.07, 6.45) is -2.56. The van der Waals surface area contributed by atoms with Gasteiger partial charge in [0.25, 0.3) is 5.91 Å². The van der Waals surface area contributed by atoms with E-state index >= 15 is 0 Å². The van der Waals surface area contributed by atoms with E-state index in [2.05, 4.69) is 15.3 Å². The molecule has 0 unspecified atom stereocenters. The SMILES string of the molecule is CCC(CC)(CNC(=O)c1cnc(C(F)(F)F)nc1)C(=O)O. The molecule has 9 heteroatoms. The zero-order valence-corrected chi connectivity index (χ0v) is 12.1. The van der Waals surface area contributed by atoms with E-state index < -0.39 is 29.3 Å². The molecule has 122 valence electrons. The van der Waals surface area contributed by atoms with Crippen LogP contribution in [0, 0.1) is 5.41 Å². The third kappa shape index (κ3) is 3.92. The van der Waals surface area contributed by atoms with Crippen LogP contribution in [0.5, 0.6) is 0 Å². The number of halogens is 3. The minimum absolute atomic E-state index is 0.130. The number of aliphatic carboxylic acids is 1. The maximum atomic E-state index is 12.3. The van der Waals surface area contributed by atoms with Crippen molar-refractivity contribution in [3.05, 3.63) is 23.8 Å². The summed E-state index contributed by atoms with van der Waals surface area (Å²) in [4.78, 5) is 29.3. The molecular weight excluding hydrogens is 303 g/mol. The minimum Gasteiger partial charge on any atom is -0.481 e. The molecule has 22 heavy (non-hydrogen) atoms. The third-order valence-corrected chi connectivity index (χ3v) is 3.56. The molecule has 2 N–H and O–H groups in total. The molecule has 0 aliphatic rings. The van der Waals surface area contributed by atoms with Gasteiger partial charge in [0.15, 0.2) is 0 Å². The summed E-state index contributed by atoms with van der Waals surface area (Å²) in [5.41, 5.74) is -1.28. The number of carbonyl (C=O) groups is 2. The second kappa shape index (κ2) is 6.71. The Morgan fingerprint density at radius 1 is 1.18 bits per heavy atom. The molecule has 0 aliphatic heterocycles. The molecule has 0 saturated carbocycles. The Labute approximate surface area is 124 Å². The first-order valence-electron chi connectivity index (χ1n) is 6.57. The number of nitrogens with zero attached hydrogens (tertiary/aromatic N) is 2. The van der Waals surface area contributed by atoms with Crippen LogP contribution in [0.3, 0.4) is 0 Å². The van der Waals surface area contributed by atoms with Gasteiger partial charge in [-0.05, 0) is 12.8 Å². The zero-order chi connectivity index (χ0) is 17.0. The van der Waals surface area contributed by atoms with Crippen molar-refractivity contribution in [2.24, 2.45) is 5.41 Å². The summed E-state index contributed by atoms with van der Waals surface area (Å²) in [6.45, 7) is 3.24. The van der Waals surface area contributed by atoms with Gasteiger partial charge in [0.2, 0.25) is 5.82 Å². The van der Waals surface area contributed by atoms with E-state index in [1.165, 1.54) is 0 Å². The summed E-state index contributed by atoms with van der Waals surface area (Å²) >= 11 is 0. The maximum Gasteiger partial charge on any atom is 0.451 e. The first kappa shape index (κ1) is 17.9. The summed E-state index contributed by atoms with van der Waals surface area (Å²) in [5.74, 6) is -3.10. The highest BCUT2D eigenvalue weighted by Gasteiger charge is 2.36. The van der Waals surface area contributed by atoms with Gasteiger partial charge in [-0.3, -0.25) is 9.59 Å². The predicted octanol–water partition coefficient (Wildman–Crippen LogP) is 2.12. The average molecular weight is 319 g/mol. The first-order valence-corrected chi connectivity index (χ1v) is 6.57. The Morgan fingerprint density at radius 2 is 1.68 bits per heavy atom. The summed E-state index contributed by atoms with van der Waals surface area (Å²) < 4.78 is 36.9. The molecule has 0 fully saturated rings. The van der Waals surface area contributed by atoms with Crippen molar-refractivity contribution in [1.29, 1.82) is 0 Å². The smallest absolute Gasteiger partial charge is 0.451 e. The lowest BCUT2D eigenvalue weighted by atomic mass is 9.82. The van der Waals surface area contributed by atoms with Crippen LogP contribution in [0.15, 0.2) is 12.4 Å². The molecule has 0 spiro atoms. The van der Waals surface area contributed by atoms with Crippen molar-refractivity contribution < 1.29 is 27.9 Å². The van der Waals surface area contributed by atoms with Crippen molar-refractivity contribution in [2.45, 2.75) is 32.9 Å². The van der Waals surface area contributed by atoms with Gasteiger partial charge in [-0.25, -0.2) is 9.97 Å². The molecule has 1 aromatic rings. The standard InChI is InChI=1S/C13H16F3N3O3/c1-3-12(4-2,11(21)22)7-19-9(20)8-5-17-10(18-6-8)13(14,15)16/h5-6H,3-4,7H2,1-2H3,(H,19,20)(H,21,22). The van der Waals surface area contributed by atoms with Gasteiger partial charge in [0, 0.05) is 18.9 Å². The molecule has 0 aromatic carbocycles. The second-order valence-corrected chi connectivity index (χ2v) is 4.77. The number of amides is 1. The molecule has 1 amide bonds. The molecule has 1 heterocycles. The first-order chi connectivity index (χ1) is 10.2. The molecule has 1 rings (SSSR count). The Morgan fingerprint density at radius 3 is 2.05 bits per heavy atom. The lowest BCUT2D eigenvalue weighted by Gasteiger charge is -2.26. The van der Waals surface area contributed by atoms with Crippen LogP contribution in [-0.2, 0) is 11.0 Å². The maximum absolute atomic E-state index is 12.3. The van der Waals surface area contributed by atoms with Crippen LogP contribution in [0.1, 0.15) is 42.9 Å². The van der Waals surface area contributed by atoms with E-state index in [1.807, 2.05) is 0 Å². The van der Waals surface area contributed by atoms with Crippen LogP contribution in [0.25, 0.3) is 0 Å². The fourth-order valence-electron chi connectivity index (χ4n) is 1.82. The molecule has 0 atom stereocenters. The fourth-order valence-corrected chi connectivity index (χ4v) is 1.82. The molecule has 1 aromatic heterocycles. The van der Waals surface area contributed by atoms with Gasteiger partial charge in [-0.1, -0.05) is 13.8 Å². The summed E-state index contributed by atoms with van der Waals surface area (Å²) in [6, 6.07) is 0. The van der Waals surface area contributed by atoms with Crippen molar-refractivity contribution in [3.8, 4) is 0 Å². The van der Waals surface area contributed by atoms with E-state index in [4.69, 9.17) is 0 Å². The van der Waals surface area contributed by atoms with Crippen molar-refractivity contribution in [2.75, 3.05) is 6.54 Å². The Balaban J connectivity index is 2.79. The average Bonchev–Trinajstić information content (AvgIpc) is 2.47. The highest BCUT2D eigenvalue weighted by atomic mass is 19.4. The Kier molecular flexibility index (Phi) is 5.45. The lowest BCUT2D eigenvalue weighted by Crippen LogP contribution is -2.42. The largest absolute Gasteiger partial charge is 0.481 e. The summed E-state index contributed by atoms with van der Waals surface area (Å²) in [5, 5.41) is 11.6. The number of hydrogen-bond acceptors (Lipinski definition) is 4. The van der Waals surface area contributed by atoms with Gasteiger partial charge in [0.05, 0.1) is 11.0 Å². The topological polar surface area (TPSA) is 92.2 Å². The number of rotatable bonds is 6. The van der Waals surface area contributed by atoms with Crippen molar-refractivity contribution in [3.63, 3.8) is 0 Å². The highest BCUT2D eigenvalue weighted by Crippen LogP contribution is 2.26. The number of nitrogens with one attached hydrogen (secondary N) is 1. The molecule has 0 saturated heterocycles. The van der Waals surface area contributed by atoms with Crippen LogP contribution in [0.2, 0.25) is 0 Å². The Hall–Kier alpha value is -2.19. The lowest BCUT2D eigenvalue weighted by molar-refractivity contribution is -0.149. The predicted molar refractivity (Wildman–Crippen MR) is 70.0 cm³/mol. The van der Waals surface area contributed by atoms with Crippen LogP contribution >= 0.6 is 0 Å². The van der Waals surface area contributed by atoms with Crippen LogP contribution in [-0.4, -0.2) is 33.5 Å². The van der Waals surface area contributed by atoms with Gasteiger partial charge >= 0.3 is 12.1 Å². The van der Waals surface area contributed by atoms with E-state index in [9.17, 15) is 27.9 Å². The van der Waals surface area contributed by atoms with Gasteiger partial charge in [-0.2, -0.15) is 13.2 Å². The fraction of sp³-hybridized carbons (Fsp3) is 0.538. The number of carboxylic acid groups (broad SMARTS) is 1. The molecule has 0 bridgehead atoms.